The van der Waals surface area contributed by atoms with E-state index in [4.69, 9.17) is 9.47 Å². The smallest absolute Gasteiger partial charge is 0.407 e. The van der Waals surface area contributed by atoms with Gasteiger partial charge in [0, 0.05) is 19.0 Å². The fourth-order valence-electron chi connectivity index (χ4n) is 6.27. The highest BCUT2D eigenvalue weighted by Gasteiger charge is 2.47. The van der Waals surface area contributed by atoms with Crippen molar-refractivity contribution in [1.29, 1.82) is 0 Å². The molecule has 2 amide bonds. The molecule has 2 aliphatic rings. The average Bonchev–Trinajstić information content (AvgIpc) is 3.58. The van der Waals surface area contributed by atoms with Crippen LogP contribution in [0.2, 0.25) is 0 Å². The lowest BCUT2D eigenvalue weighted by molar-refractivity contribution is -0.149. The Balaban J connectivity index is 1.30. The van der Waals surface area contributed by atoms with Crippen LogP contribution in [0.25, 0.3) is 11.1 Å². The quantitative estimate of drug-likeness (QED) is 0.311. The van der Waals surface area contributed by atoms with Crippen molar-refractivity contribution in [2.45, 2.75) is 57.8 Å². The van der Waals surface area contributed by atoms with Gasteiger partial charge in [-0.15, -0.1) is 0 Å². The maximum atomic E-state index is 13.8. The van der Waals surface area contributed by atoms with Crippen LogP contribution < -0.4 is 5.32 Å². The lowest BCUT2D eigenvalue weighted by atomic mass is 9.83. The molecule has 1 heterocycles. The van der Waals surface area contributed by atoms with Crippen LogP contribution in [0.15, 0.2) is 78.9 Å². The van der Waals surface area contributed by atoms with Crippen LogP contribution in [-0.2, 0) is 25.7 Å². The maximum absolute atomic E-state index is 13.8. The molecule has 0 bridgehead atoms. The Bertz CT molecular complexity index is 1380. The standard InChI is InChI=1S/C34H38N2O6/c1-3-17-34(32(38)39)18-19-36(22-34)31(37)30(23(2)41-20-24-11-5-4-6-12-24)35-33(40)42-21-29-27-15-9-7-13-25(27)26-14-8-10-16-28(26)29/h4-16,23,29-30H,3,17-22H2,1-2H3,(H,35,40)(H,38,39)/t23-,30+,34?/m0/s1. The van der Waals surface area contributed by atoms with E-state index >= 15 is 0 Å². The Hall–Kier alpha value is -4.17. The van der Waals surface area contributed by atoms with Gasteiger partial charge in [-0.2, -0.15) is 0 Å². The van der Waals surface area contributed by atoms with Gasteiger partial charge >= 0.3 is 12.1 Å². The summed E-state index contributed by atoms with van der Waals surface area (Å²) in [6.07, 6.45) is 0.147. The van der Waals surface area contributed by atoms with Gasteiger partial charge in [0.25, 0.3) is 0 Å². The van der Waals surface area contributed by atoms with E-state index in [9.17, 15) is 19.5 Å². The van der Waals surface area contributed by atoms with Gasteiger partial charge in [-0.1, -0.05) is 92.2 Å². The molecule has 5 rings (SSSR count). The molecule has 1 fully saturated rings. The van der Waals surface area contributed by atoms with Crippen molar-refractivity contribution in [1.82, 2.24) is 10.2 Å². The fraction of sp³-hybridized carbons (Fsp3) is 0.382. The van der Waals surface area contributed by atoms with E-state index in [0.717, 1.165) is 27.8 Å². The first-order valence-electron chi connectivity index (χ1n) is 14.6. The first-order chi connectivity index (χ1) is 20.3. The van der Waals surface area contributed by atoms with Crippen LogP contribution in [-0.4, -0.2) is 59.8 Å². The summed E-state index contributed by atoms with van der Waals surface area (Å²) in [6.45, 7) is 4.45. The number of benzene rings is 3. The van der Waals surface area contributed by atoms with Gasteiger partial charge in [0.05, 0.1) is 18.1 Å². The molecule has 0 spiro atoms. The molecule has 42 heavy (non-hydrogen) atoms. The summed E-state index contributed by atoms with van der Waals surface area (Å²) in [5.41, 5.74) is 4.40. The van der Waals surface area contributed by atoms with Gasteiger partial charge in [0.2, 0.25) is 5.91 Å². The number of hydrogen-bond donors (Lipinski definition) is 2. The largest absolute Gasteiger partial charge is 0.481 e. The van der Waals surface area contributed by atoms with E-state index in [0.29, 0.717) is 25.8 Å². The third-order valence-electron chi connectivity index (χ3n) is 8.56. The molecule has 1 unspecified atom stereocenters. The predicted octanol–water partition coefficient (Wildman–Crippen LogP) is 5.60. The normalized spacial score (nSPS) is 19.0. The molecule has 2 N–H and O–H groups in total. The van der Waals surface area contributed by atoms with E-state index in [-0.39, 0.29) is 31.6 Å². The zero-order chi connectivity index (χ0) is 29.7. The number of hydrogen-bond acceptors (Lipinski definition) is 5. The second-order valence-electron chi connectivity index (χ2n) is 11.3. The Morgan fingerprint density at radius 3 is 2.21 bits per heavy atom. The summed E-state index contributed by atoms with van der Waals surface area (Å²) in [4.78, 5) is 40.7. The Kier molecular flexibility index (Phi) is 8.92. The minimum atomic E-state index is -1.05. The number of aliphatic carboxylic acids is 1. The monoisotopic (exact) mass is 570 g/mol. The van der Waals surface area contributed by atoms with Crippen molar-refractivity contribution in [3.05, 3.63) is 95.6 Å². The number of nitrogens with one attached hydrogen (secondary N) is 1. The van der Waals surface area contributed by atoms with Gasteiger partial charge in [0.15, 0.2) is 0 Å². The number of nitrogens with zero attached hydrogens (tertiary/aromatic N) is 1. The summed E-state index contributed by atoms with van der Waals surface area (Å²) in [6, 6.07) is 24.7. The van der Waals surface area contributed by atoms with Crippen LogP contribution in [0.4, 0.5) is 4.79 Å². The molecular formula is C34H38N2O6. The first-order valence-corrected chi connectivity index (χ1v) is 14.6. The van der Waals surface area contributed by atoms with E-state index in [1.54, 1.807) is 11.8 Å². The van der Waals surface area contributed by atoms with Crippen LogP contribution in [0.1, 0.15) is 55.7 Å². The lowest BCUT2D eigenvalue weighted by Crippen LogP contribution is -2.54. The van der Waals surface area contributed by atoms with E-state index in [2.05, 4.69) is 17.4 Å². The molecule has 0 radical (unpaired) electrons. The average molecular weight is 571 g/mol. The number of carboxylic acid groups (broad SMARTS) is 1. The number of ether oxygens (including phenoxy) is 2. The summed E-state index contributed by atoms with van der Waals surface area (Å²) < 4.78 is 11.8. The van der Waals surface area contributed by atoms with Crippen LogP contribution in [0.3, 0.4) is 0 Å². The third-order valence-corrected chi connectivity index (χ3v) is 8.56. The lowest BCUT2D eigenvalue weighted by Gasteiger charge is -2.30. The maximum Gasteiger partial charge on any atom is 0.407 e. The van der Waals surface area contributed by atoms with Crippen molar-refractivity contribution in [3.8, 4) is 11.1 Å². The Morgan fingerprint density at radius 2 is 1.60 bits per heavy atom. The molecule has 1 aliphatic carbocycles. The molecule has 3 atom stereocenters. The number of alkyl carbamates (subject to hydrolysis) is 1. The summed E-state index contributed by atoms with van der Waals surface area (Å²) in [5.74, 6) is -1.38. The van der Waals surface area contributed by atoms with Crippen molar-refractivity contribution < 1.29 is 29.0 Å². The van der Waals surface area contributed by atoms with Crippen LogP contribution >= 0.6 is 0 Å². The number of carbonyl (C=O) groups excluding carboxylic acids is 2. The van der Waals surface area contributed by atoms with Gasteiger partial charge < -0.3 is 24.8 Å². The fourth-order valence-corrected chi connectivity index (χ4v) is 6.27. The summed E-state index contributed by atoms with van der Waals surface area (Å²) in [7, 11) is 0. The Morgan fingerprint density at radius 1 is 0.976 bits per heavy atom. The second-order valence-corrected chi connectivity index (χ2v) is 11.3. The van der Waals surface area contributed by atoms with Crippen molar-refractivity contribution >= 4 is 18.0 Å². The highest BCUT2D eigenvalue weighted by atomic mass is 16.5. The van der Waals surface area contributed by atoms with Crippen molar-refractivity contribution in [2.75, 3.05) is 19.7 Å². The zero-order valence-electron chi connectivity index (χ0n) is 24.1. The van der Waals surface area contributed by atoms with E-state index < -0.39 is 29.6 Å². The van der Waals surface area contributed by atoms with Crippen LogP contribution in [0, 0.1) is 5.41 Å². The topological polar surface area (TPSA) is 105 Å². The Labute approximate surface area is 246 Å². The van der Waals surface area contributed by atoms with E-state index in [1.807, 2.05) is 73.7 Å². The predicted molar refractivity (Wildman–Crippen MR) is 159 cm³/mol. The molecule has 220 valence electrons. The molecule has 3 aromatic carbocycles. The van der Waals surface area contributed by atoms with Gasteiger partial charge in [-0.25, -0.2) is 4.79 Å². The molecule has 8 nitrogen and oxygen atoms in total. The number of carbonyl (C=O) groups is 3. The highest BCUT2D eigenvalue weighted by molar-refractivity contribution is 5.88. The number of rotatable bonds is 11. The second kappa shape index (κ2) is 12.8. The molecule has 0 saturated carbocycles. The number of likely N-dealkylation sites (tertiary alicyclic amines) is 1. The molecule has 3 aromatic rings. The number of carboxylic acids is 1. The molecule has 8 heteroatoms. The number of amides is 2. The summed E-state index contributed by atoms with van der Waals surface area (Å²) >= 11 is 0. The van der Waals surface area contributed by atoms with Crippen LogP contribution in [0.5, 0.6) is 0 Å². The molecular weight excluding hydrogens is 532 g/mol. The van der Waals surface area contributed by atoms with Gasteiger partial charge in [-0.05, 0) is 47.6 Å². The molecule has 0 aromatic heterocycles. The first kappa shape index (κ1) is 29.3. The molecule has 1 aliphatic heterocycles. The number of fused-ring (bicyclic) bond motifs is 3. The minimum absolute atomic E-state index is 0.100. The highest BCUT2D eigenvalue weighted by Crippen LogP contribution is 2.44. The van der Waals surface area contributed by atoms with Crippen molar-refractivity contribution in [3.63, 3.8) is 0 Å². The SMILES string of the molecule is CCCC1(C(=O)O)CCN(C(=O)[C@H](NC(=O)OCC2c3ccccc3-c3ccccc32)[C@H](C)OCc2ccccc2)C1. The van der Waals surface area contributed by atoms with Gasteiger partial charge in [0.1, 0.15) is 12.6 Å². The summed E-state index contributed by atoms with van der Waals surface area (Å²) in [5, 5.41) is 12.7. The zero-order valence-corrected chi connectivity index (χ0v) is 24.1. The van der Waals surface area contributed by atoms with E-state index in [1.165, 1.54) is 0 Å². The van der Waals surface area contributed by atoms with Gasteiger partial charge in [-0.3, -0.25) is 9.59 Å². The minimum Gasteiger partial charge on any atom is -0.481 e. The third kappa shape index (κ3) is 6.04. The molecule has 1 saturated heterocycles. The van der Waals surface area contributed by atoms with Crippen molar-refractivity contribution in [2.24, 2.45) is 5.41 Å².